The summed E-state index contributed by atoms with van der Waals surface area (Å²) in [6, 6.07) is 1.68. The van der Waals surface area contributed by atoms with Crippen molar-refractivity contribution in [3.63, 3.8) is 0 Å². The van der Waals surface area contributed by atoms with Gasteiger partial charge in [-0.25, -0.2) is 18.2 Å². The quantitative estimate of drug-likeness (QED) is 0.638. The van der Waals surface area contributed by atoms with Gasteiger partial charge in [-0.05, 0) is 26.2 Å². The van der Waals surface area contributed by atoms with Crippen molar-refractivity contribution in [2.45, 2.75) is 56.9 Å². The van der Waals surface area contributed by atoms with E-state index in [2.05, 4.69) is 15.3 Å². The SMILES string of the molecule is COC1(N2C(=O)CN(C)c3nc(NC4CC(Oc5cc(F)c(F)c(F)c5)C4)nc(C)c32)CCC1. The number of amides is 1. The number of anilines is 3. The minimum atomic E-state index is -1.51. The van der Waals surface area contributed by atoms with Crippen molar-refractivity contribution >= 4 is 23.4 Å². The Morgan fingerprint density at radius 3 is 2.41 bits per heavy atom. The van der Waals surface area contributed by atoms with Crippen LogP contribution < -0.4 is 19.9 Å². The number of aryl methyl sites for hydroxylation is 1. The first-order valence-corrected chi connectivity index (χ1v) is 11.3. The smallest absolute Gasteiger partial charge is 0.249 e. The van der Waals surface area contributed by atoms with E-state index in [0.29, 0.717) is 36.0 Å². The predicted molar refractivity (Wildman–Crippen MR) is 118 cm³/mol. The molecule has 3 aliphatic rings. The van der Waals surface area contributed by atoms with Gasteiger partial charge in [0, 0.05) is 45.2 Å². The molecule has 2 fully saturated rings. The topological polar surface area (TPSA) is 79.8 Å². The molecule has 2 aliphatic carbocycles. The van der Waals surface area contributed by atoms with E-state index in [9.17, 15) is 18.0 Å². The monoisotopic (exact) mass is 477 g/mol. The number of rotatable bonds is 6. The summed E-state index contributed by atoms with van der Waals surface area (Å²) in [5.74, 6) is -3.08. The molecule has 8 nitrogen and oxygen atoms in total. The summed E-state index contributed by atoms with van der Waals surface area (Å²) in [5.41, 5.74) is 0.690. The van der Waals surface area contributed by atoms with Gasteiger partial charge in [0.2, 0.25) is 11.9 Å². The lowest BCUT2D eigenvalue weighted by Crippen LogP contribution is -2.62. The molecule has 2 heterocycles. The lowest BCUT2D eigenvalue weighted by Gasteiger charge is -2.51. The van der Waals surface area contributed by atoms with Crippen LogP contribution in [0.5, 0.6) is 5.75 Å². The number of aromatic nitrogens is 2. The van der Waals surface area contributed by atoms with Crippen LogP contribution in [0.2, 0.25) is 0 Å². The van der Waals surface area contributed by atoms with Crippen LogP contribution in [-0.4, -0.2) is 54.4 Å². The van der Waals surface area contributed by atoms with Gasteiger partial charge in [0.15, 0.2) is 23.3 Å². The highest BCUT2D eigenvalue weighted by Gasteiger charge is 2.50. The van der Waals surface area contributed by atoms with Gasteiger partial charge in [0.05, 0.1) is 12.2 Å². The highest BCUT2D eigenvalue weighted by Crippen LogP contribution is 2.46. The fourth-order valence-electron chi connectivity index (χ4n) is 4.80. The first kappa shape index (κ1) is 22.7. The molecular formula is C23H26F3N5O3. The van der Waals surface area contributed by atoms with Crippen molar-refractivity contribution in [3.05, 3.63) is 35.3 Å². The molecule has 2 aromatic rings. The maximum Gasteiger partial charge on any atom is 0.249 e. The third-order valence-corrected chi connectivity index (χ3v) is 6.86. The fourth-order valence-corrected chi connectivity index (χ4v) is 4.80. The molecule has 1 aliphatic heterocycles. The Morgan fingerprint density at radius 2 is 1.82 bits per heavy atom. The maximum atomic E-state index is 13.4. The number of likely N-dealkylation sites (N-methyl/N-ethyl adjacent to an activating group) is 1. The van der Waals surface area contributed by atoms with E-state index in [1.54, 1.807) is 16.9 Å². The number of hydrogen-bond donors (Lipinski definition) is 1. The van der Waals surface area contributed by atoms with Crippen LogP contribution in [-0.2, 0) is 9.53 Å². The van der Waals surface area contributed by atoms with E-state index < -0.39 is 23.2 Å². The van der Waals surface area contributed by atoms with Gasteiger partial charge in [0.1, 0.15) is 23.3 Å². The molecule has 182 valence electrons. The second kappa shape index (κ2) is 8.30. The zero-order valence-electron chi connectivity index (χ0n) is 19.2. The number of halogens is 3. The average Bonchev–Trinajstić information content (AvgIpc) is 2.72. The van der Waals surface area contributed by atoms with E-state index in [4.69, 9.17) is 9.47 Å². The van der Waals surface area contributed by atoms with Gasteiger partial charge in [-0.2, -0.15) is 4.98 Å². The van der Waals surface area contributed by atoms with Crippen molar-refractivity contribution in [2.75, 3.05) is 35.8 Å². The molecule has 0 bridgehead atoms. The number of methoxy groups -OCH3 is 1. The van der Waals surface area contributed by atoms with Gasteiger partial charge in [-0.1, -0.05) is 0 Å². The van der Waals surface area contributed by atoms with Crippen LogP contribution in [0.15, 0.2) is 12.1 Å². The predicted octanol–water partition coefficient (Wildman–Crippen LogP) is 3.53. The van der Waals surface area contributed by atoms with Crippen molar-refractivity contribution < 1.29 is 27.4 Å². The Morgan fingerprint density at radius 1 is 1.15 bits per heavy atom. The van der Waals surface area contributed by atoms with E-state index in [1.807, 2.05) is 14.0 Å². The first-order valence-electron chi connectivity index (χ1n) is 11.3. The van der Waals surface area contributed by atoms with E-state index >= 15 is 0 Å². The molecule has 11 heteroatoms. The molecule has 0 saturated heterocycles. The van der Waals surface area contributed by atoms with E-state index in [1.165, 1.54) is 0 Å². The number of benzene rings is 1. The second-order valence-corrected chi connectivity index (χ2v) is 9.15. The Labute approximate surface area is 195 Å². The third kappa shape index (κ3) is 3.71. The fraction of sp³-hybridized carbons (Fsp3) is 0.522. The number of fused-ring (bicyclic) bond motifs is 1. The van der Waals surface area contributed by atoms with Crippen LogP contribution >= 0.6 is 0 Å². The molecule has 5 rings (SSSR count). The summed E-state index contributed by atoms with van der Waals surface area (Å²) in [7, 11) is 3.44. The molecule has 1 aromatic heterocycles. The first-order chi connectivity index (χ1) is 16.2. The second-order valence-electron chi connectivity index (χ2n) is 9.15. The van der Waals surface area contributed by atoms with Crippen molar-refractivity contribution in [1.82, 2.24) is 9.97 Å². The molecule has 1 N–H and O–H groups in total. The Balaban J connectivity index is 1.29. The summed E-state index contributed by atoms with van der Waals surface area (Å²) in [6.07, 6.45) is 3.38. The van der Waals surface area contributed by atoms with Crippen LogP contribution in [0.25, 0.3) is 0 Å². The average molecular weight is 477 g/mol. The largest absolute Gasteiger partial charge is 0.490 e. The van der Waals surface area contributed by atoms with Crippen LogP contribution in [0.3, 0.4) is 0 Å². The zero-order valence-corrected chi connectivity index (χ0v) is 19.2. The van der Waals surface area contributed by atoms with Gasteiger partial charge in [-0.3, -0.25) is 9.69 Å². The van der Waals surface area contributed by atoms with Crippen molar-refractivity contribution in [2.24, 2.45) is 0 Å². The summed E-state index contributed by atoms with van der Waals surface area (Å²) in [6.45, 7) is 2.04. The van der Waals surface area contributed by atoms with Crippen molar-refractivity contribution in [1.29, 1.82) is 0 Å². The molecule has 2 saturated carbocycles. The highest BCUT2D eigenvalue weighted by molar-refractivity contribution is 6.04. The number of nitrogens with one attached hydrogen (secondary N) is 1. The molecule has 0 atom stereocenters. The van der Waals surface area contributed by atoms with Crippen LogP contribution in [0.1, 0.15) is 37.8 Å². The maximum absolute atomic E-state index is 13.4. The summed E-state index contributed by atoms with van der Waals surface area (Å²) >= 11 is 0. The van der Waals surface area contributed by atoms with Gasteiger partial charge >= 0.3 is 0 Å². The van der Waals surface area contributed by atoms with Gasteiger partial charge < -0.3 is 19.7 Å². The number of nitrogens with zero attached hydrogens (tertiary/aromatic N) is 4. The lowest BCUT2D eigenvalue weighted by molar-refractivity contribution is -0.130. The summed E-state index contributed by atoms with van der Waals surface area (Å²) in [4.78, 5) is 25.7. The summed E-state index contributed by atoms with van der Waals surface area (Å²) in [5, 5.41) is 3.27. The number of ether oxygens (including phenoxy) is 2. The van der Waals surface area contributed by atoms with Gasteiger partial charge in [-0.15, -0.1) is 0 Å². The number of hydrogen-bond acceptors (Lipinski definition) is 7. The molecule has 34 heavy (non-hydrogen) atoms. The molecule has 1 aromatic carbocycles. The molecule has 0 radical (unpaired) electrons. The zero-order chi connectivity index (χ0) is 24.2. The number of carbonyl (C=O) groups is 1. The van der Waals surface area contributed by atoms with Crippen molar-refractivity contribution in [3.8, 4) is 5.75 Å². The Kier molecular flexibility index (Phi) is 5.54. The Hall–Kier alpha value is -3.08. The minimum Gasteiger partial charge on any atom is -0.490 e. The molecular weight excluding hydrogens is 451 g/mol. The Bertz CT molecular complexity index is 1110. The van der Waals surface area contributed by atoms with Crippen LogP contribution in [0, 0.1) is 24.4 Å². The standard InChI is InChI=1S/C23H26F3N5O3/c1-12-20-21(30(2)11-18(32)31(20)23(33-3)5-4-6-23)29-22(27-12)28-13-7-14(8-13)34-15-9-16(24)19(26)17(25)10-15/h9-10,13-14H,4-8,11H2,1-3H3,(H,27,28,29). The molecule has 1 amide bonds. The highest BCUT2D eigenvalue weighted by atomic mass is 19.2. The minimum absolute atomic E-state index is 0.00109. The van der Waals surface area contributed by atoms with Gasteiger partial charge in [0.25, 0.3) is 0 Å². The third-order valence-electron chi connectivity index (χ3n) is 6.86. The van der Waals surface area contributed by atoms with Crippen LogP contribution in [0.4, 0.5) is 30.6 Å². The normalized spacial score (nSPS) is 23.2. The summed E-state index contributed by atoms with van der Waals surface area (Å²) < 4.78 is 51.3. The lowest BCUT2D eigenvalue weighted by atomic mass is 9.85. The van der Waals surface area contributed by atoms with E-state index in [-0.39, 0.29) is 30.3 Å². The number of carbonyl (C=O) groups excluding carboxylic acids is 1. The molecule has 0 spiro atoms. The van der Waals surface area contributed by atoms with E-state index in [0.717, 1.165) is 31.4 Å². The molecule has 0 unspecified atom stereocenters.